The molecule has 0 aliphatic carbocycles. The lowest BCUT2D eigenvalue weighted by Gasteiger charge is -2.20. The topological polar surface area (TPSA) is 65.4 Å². The molecule has 2 atom stereocenters. The van der Waals surface area contributed by atoms with Gasteiger partial charge in [-0.25, -0.2) is 0 Å². The fourth-order valence-electron chi connectivity index (χ4n) is 2.22. The van der Waals surface area contributed by atoms with E-state index in [1.807, 2.05) is 25.1 Å². The van der Waals surface area contributed by atoms with E-state index in [0.717, 1.165) is 11.3 Å². The second kappa shape index (κ2) is 6.98. The van der Waals surface area contributed by atoms with Crippen LogP contribution in [0.15, 0.2) is 36.7 Å². The molecule has 0 bridgehead atoms. The monoisotopic (exact) mass is 303 g/mol. The van der Waals surface area contributed by atoms with Crippen LogP contribution in [0.2, 0.25) is 0 Å². The van der Waals surface area contributed by atoms with Gasteiger partial charge < -0.3 is 14.8 Å². The van der Waals surface area contributed by atoms with Crippen LogP contribution in [0, 0.1) is 0 Å². The highest BCUT2D eigenvalue weighted by Gasteiger charge is 2.20. The zero-order chi connectivity index (χ0) is 16.1. The average Bonchev–Trinajstić information content (AvgIpc) is 3.07. The van der Waals surface area contributed by atoms with E-state index in [2.05, 4.69) is 10.4 Å². The quantitative estimate of drug-likeness (QED) is 0.889. The lowest BCUT2D eigenvalue weighted by atomic mass is 10.1. The second-order valence-corrected chi connectivity index (χ2v) is 5.00. The van der Waals surface area contributed by atoms with Gasteiger partial charge in [-0.05, 0) is 38.1 Å². The average molecular weight is 303 g/mol. The summed E-state index contributed by atoms with van der Waals surface area (Å²) in [5, 5.41) is 7.06. The number of carbonyl (C=O) groups is 1. The predicted molar refractivity (Wildman–Crippen MR) is 83.0 cm³/mol. The highest BCUT2D eigenvalue weighted by Crippen LogP contribution is 2.29. The Kier molecular flexibility index (Phi) is 5.04. The Labute approximate surface area is 130 Å². The lowest BCUT2D eigenvalue weighted by molar-refractivity contribution is -0.124. The summed E-state index contributed by atoms with van der Waals surface area (Å²) in [7, 11) is 3.21. The molecule has 6 nitrogen and oxygen atoms in total. The molecule has 118 valence electrons. The number of ether oxygens (including phenoxy) is 2. The highest BCUT2D eigenvalue weighted by molar-refractivity contribution is 5.80. The van der Waals surface area contributed by atoms with E-state index in [4.69, 9.17) is 9.47 Å². The summed E-state index contributed by atoms with van der Waals surface area (Å²) in [4.78, 5) is 12.3. The number of nitrogens with one attached hydrogen (secondary N) is 1. The van der Waals surface area contributed by atoms with Gasteiger partial charge in [0.15, 0.2) is 0 Å². The maximum Gasteiger partial charge on any atom is 0.245 e. The highest BCUT2D eigenvalue weighted by atomic mass is 16.5. The smallest absolute Gasteiger partial charge is 0.245 e. The van der Waals surface area contributed by atoms with Gasteiger partial charge in [0.2, 0.25) is 5.91 Å². The number of nitrogens with zero attached hydrogens (tertiary/aromatic N) is 2. The van der Waals surface area contributed by atoms with Crippen LogP contribution in [0.25, 0.3) is 0 Å². The van der Waals surface area contributed by atoms with Crippen LogP contribution in [0.4, 0.5) is 0 Å². The summed E-state index contributed by atoms with van der Waals surface area (Å²) in [5.41, 5.74) is 0.864. The summed E-state index contributed by atoms with van der Waals surface area (Å²) in [5.74, 6) is 1.32. The number of carbonyl (C=O) groups excluding carboxylic acids is 1. The third-order valence-electron chi connectivity index (χ3n) is 3.56. The molecule has 0 saturated carbocycles. The molecule has 1 aromatic heterocycles. The van der Waals surface area contributed by atoms with Gasteiger partial charge >= 0.3 is 0 Å². The fraction of sp³-hybridized carbons (Fsp3) is 0.375. The summed E-state index contributed by atoms with van der Waals surface area (Å²) >= 11 is 0. The van der Waals surface area contributed by atoms with Crippen molar-refractivity contribution < 1.29 is 14.3 Å². The molecule has 1 aromatic carbocycles. The zero-order valence-corrected chi connectivity index (χ0v) is 13.2. The molecule has 1 N–H and O–H groups in total. The molecule has 0 unspecified atom stereocenters. The first kappa shape index (κ1) is 15.9. The Bertz CT molecular complexity index is 626. The molecule has 2 rings (SSSR count). The molecule has 0 saturated heterocycles. The van der Waals surface area contributed by atoms with Gasteiger partial charge in [-0.15, -0.1) is 0 Å². The van der Waals surface area contributed by atoms with Gasteiger partial charge in [-0.3, -0.25) is 9.48 Å². The van der Waals surface area contributed by atoms with Gasteiger partial charge in [0.1, 0.15) is 17.5 Å². The van der Waals surface area contributed by atoms with E-state index in [1.165, 1.54) is 0 Å². The number of amides is 1. The molecule has 2 aromatic rings. The number of hydrogen-bond donors (Lipinski definition) is 1. The lowest BCUT2D eigenvalue weighted by Crippen LogP contribution is -2.33. The third kappa shape index (κ3) is 3.39. The summed E-state index contributed by atoms with van der Waals surface area (Å²) in [6, 6.07) is 6.71. The van der Waals surface area contributed by atoms with Crippen molar-refractivity contribution in [2.24, 2.45) is 0 Å². The van der Waals surface area contributed by atoms with Crippen LogP contribution in [0.3, 0.4) is 0 Å². The fourth-order valence-corrected chi connectivity index (χ4v) is 2.22. The van der Waals surface area contributed by atoms with Crippen LogP contribution in [0.5, 0.6) is 11.5 Å². The van der Waals surface area contributed by atoms with Crippen LogP contribution >= 0.6 is 0 Å². The van der Waals surface area contributed by atoms with E-state index < -0.39 is 0 Å². The minimum Gasteiger partial charge on any atom is -0.497 e. The SMILES string of the molecule is COc1ccc(OC)c([C@H](C)NC(=O)[C@H](C)n2cccn2)c1. The normalized spacial score (nSPS) is 13.3. The van der Waals surface area contributed by atoms with E-state index in [0.29, 0.717) is 5.75 Å². The van der Waals surface area contributed by atoms with Crippen LogP contribution in [-0.4, -0.2) is 29.9 Å². The van der Waals surface area contributed by atoms with Gasteiger partial charge in [0, 0.05) is 18.0 Å². The minimum atomic E-state index is -0.381. The molecule has 0 radical (unpaired) electrons. The molecule has 22 heavy (non-hydrogen) atoms. The van der Waals surface area contributed by atoms with Gasteiger partial charge in [0.25, 0.3) is 0 Å². The molecular formula is C16H21N3O3. The Morgan fingerprint density at radius 1 is 1.27 bits per heavy atom. The molecular weight excluding hydrogens is 282 g/mol. The van der Waals surface area contributed by atoms with Gasteiger partial charge in [-0.2, -0.15) is 5.10 Å². The predicted octanol–water partition coefficient (Wildman–Crippen LogP) is 2.34. The Hall–Kier alpha value is -2.50. The molecule has 1 amide bonds. The molecule has 0 aliphatic rings. The standard InChI is InChI=1S/C16H21N3O3/c1-11(14-10-13(21-3)6-7-15(14)22-4)18-16(20)12(2)19-9-5-8-17-19/h5-12H,1-4H3,(H,18,20)/t11-,12-/m0/s1. The van der Waals surface area contributed by atoms with E-state index >= 15 is 0 Å². The number of rotatable bonds is 6. The van der Waals surface area contributed by atoms with Crippen LogP contribution in [-0.2, 0) is 4.79 Å². The molecule has 0 fully saturated rings. The summed E-state index contributed by atoms with van der Waals surface area (Å²) < 4.78 is 12.2. The maximum absolute atomic E-state index is 12.3. The van der Waals surface area contributed by atoms with Crippen molar-refractivity contribution in [3.05, 3.63) is 42.2 Å². The number of hydrogen-bond acceptors (Lipinski definition) is 4. The minimum absolute atomic E-state index is 0.110. The number of benzene rings is 1. The number of aromatic nitrogens is 2. The third-order valence-corrected chi connectivity index (χ3v) is 3.56. The van der Waals surface area contributed by atoms with Crippen molar-refractivity contribution >= 4 is 5.91 Å². The van der Waals surface area contributed by atoms with Crippen molar-refractivity contribution in [1.29, 1.82) is 0 Å². The first-order valence-corrected chi connectivity index (χ1v) is 7.08. The van der Waals surface area contributed by atoms with Gasteiger partial charge in [-0.1, -0.05) is 0 Å². The molecule has 0 aliphatic heterocycles. The van der Waals surface area contributed by atoms with Crippen molar-refractivity contribution in [3.8, 4) is 11.5 Å². The maximum atomic E-state index is 12.3. The second-order valence-electron chi connectivity index (χ2n) is 5.00. The van der Waals surface area contributed by atoms with E-state index in [9.17, 15) is 4.79 Å². The summed E-state index contributed by atoms with van der Waals surface area (Å²) in [6.45, 7) is 3.71. The van der Waals surface area contributed by atoms with Crippen molar-refractivity contribution in [2.45, 2.75) is 25.9 Å². The Balaban J connectivity index is 2.14. The van der Waals surface area contributed by atoms with Crippen molar-refractivity contribution in [1.82, 2.24) is 15.1 Å². The van der Waals surface area contributed by atoms with E-state index in [-0.39, 0.29) is 18.0 Å². The first-order valence-electron chi connectivity index (χ1n) is 7.08. The van der Waals surface area contributed by atoms with Crippen LogP contribution in [0.1, 0.15) is 31.5 Å². The van der Waals surface area contributed by atoms with Crippen LogP contribution < -0.4 is 14.8 Å². The largest absolute Gasteiger partial charge is 0.497 e. The zero-order valence-electron chi connectivity index (χ0n) is 13.2. The Morgan fingerprint density at radius 2 is 2.05 bits per heavy atom. The summed E-state index contributed by atoms with van der Waals surface area (Å²) in [6.07, 6.45) is 3.42. The van der Waals surface area contributed by atoms with Gasteiger partial charge in [0.05, 0.1) is 20.3 Å². The van der Waals surface area contributed by atoms with Crippen molar-refractivity contribution in [2.75, 3.05) is 14.2 Å². The number of methoxy groups -OCH3 is 2. The first-order chi connectivity index (χ1) is 10.6. The van der Waals surface area contributed by atoms with E-state index in [1.54, 1.807) is 44.3 Å². The Morgan fingerprint density at radius 3 is 2.64 bits per heavy atom. The molecule has 1 heterocycles. The molecule has 0 spiro atoms. The van der Waals surface area contributed by atoms with Crippen molar-refractivity contribution in [3.63, 3.8) is 0 Å². The molecule has 6 heteroatoms.